The first-order valence-electron chi connectivity index (χ1n) is 8.82. The van der Waals surface area contributed by atoms with Gasteiger partial charge in [0.1, 0.15) is 5.60 Å². The van der Waals surface area contributed by atoms with Gasteiger partial charge in [-0.2, -0.15) is 0 Å². The molecule has 0 heterocycles. The van der Waals surface area contributed by atoms with Crippen LogP contribution >= 0.6 is 0 Å². The van der Waals surface area contributed by atoms with Gasteiger partial charge >= 0.3 is 5.97 Å². The van der Waals surface area contributed by atoms with Crippen LogP contribution in [-0.2, 0) is 9.53 Å². The number of nitrogens with one attached hydrogen (secondary N) is 1. The van der Waals surface area contributed by atoms with Crippen molar-refractivity contribution in [3.8, 4) is 0 Å². The van der Waals surface area contributed by atoms with Crippen molar-refractivity contribution >= 4 is 5.97 Å². The van der Waals surface area contributed by atoms with Crippen molar-refractivity contribution in [1.29, 1.82) is 0 Å². The maximum atomic E-state index is 12.6. The van der Waals surface area contributed by atoms with Crippen LogP contribution in [0.1, 0.15) is 72.4 Å². The molecule has 0 unspecified atom stereocenters. The first kappa shape index (κ1) is 19.7. The number of carbonyl (C=O) groups is 1. The summed E-state index contributed by atoms with van der Waals surface area (Å²) in [6.45, 7) is 12.1. The number of hydrogen-bond acceptors (Lipinski definition) is 3. The number of benzene rings is 1. The van der Waals surface area contributed by atoms with Crippen molar-refractivity contribution in [3.63, 3.8) is 0 Å². The number of hydrogen-bond donors (Lipinski definition) is 1. The Labute approximate surface area is 141 Å². The van der Waals surface area contributed by atoms with Gasteiger partial charge in [0.05, 0.1) is 5.92 Å². The number of ether oxygens (including phenoxy) is 1. The van der Waals surface area contributed by atoms with Gasteiger partial charge in [-0.3, -0.25) is 4.79 Å². The lowest BCUT2D eigenvalue weighted by atomic mass is 9.91. The summed E-state index contributed by atoms with van der Waals surface area (Å²) in [6, 6.07) is 10.7. The predicted molar refractivity (Wildman–Crippen MR) is 96.3 cm³/mol. The van der Waals surface area contributed by atoms with Crippen LogP contribution in [0.4, 0.5) is 0 Å². The highest BCUT2D eigenvalue weighted by Crippen LogP contribution is 2.22. The summed E-state index contributed by atoms with van der Waals surface area (Å²) < 4.78 is 5.63. The molecule has 0 aliphatic carbocycles. The summed E-state index contributed by atoms with van der Waals surface area (Å²) in [5.74, 6) is -0.202. The molecule has 1 aromatic rings. The van der Waals surface area contributed by atoms with E-state index in [0.717, 1.165) is 19.3 Å². The maximum Gasteiger partial charge on any atom is 0.311 e. The summed E-state index contributed by atoms with van der Waals surface area (Å²) in [4.78, 5) is 12.6. The van der Waals surface area contributed by atoms with Crippen LogP contribution in [0.5, 0.6) is 0 Å². The third-order valence-corrected chi connectivity index (χ3v) is 4.00. The number of carbonyl (C=O) groups excluding carboxylic acids is 1. The van der Waals surface area contributed by atoms with E-state index in [0.29, 0.717) is 0 Å². The lowest BCUT2D eigenvalue weighted by Crippen LogP contribution is -2.43. The molecule has 0 aliphatic rings. The lowest BCUT2D eigenvalue weighted by Gasteiger charge is -2.31. The van der Waals surface area contributed by atoms with Crippen molar-refractivity contribution in [2.45, 2.75) is 78.5 Å². The third kappa shape index (κ3) is 6.74. The van der Waals surface area contributed by atoms with Crippen LogP contribution in [0, 0.1) is 5.92 Å². The Kier molecular flexibility index (Phi) is 7.77. The van der Waals surface area contributed by atoms with E-state index in [2.05, 4.69) is 38.2 Å². The maximum absolute atomic E-state index is 12.6. The number of esters is 1. The van der Waals surface area contributed by atoms with Crippen LogP contribution in [0.25, 0.3) is 0 Å². The van der Waals surface area contributed by atoms with E-state index in [9.17, 15) is 4.79 Å². The summed E-state index contributed by atoms with van der Waals surface area (Å²) in [5, 5.41) is 3.65. The highest BCUT2D eigenvalue weighted by Gasteiger charge is 2.31. The highest BCUT2D eigenvalue weighted by atomic mass is 16.6. The average Bonchev–Trinajstić information content (AvgIpc) is 2.47. The molecule has 0 radical (unpaired) electrons. The topological polar surface area (TPSA) is 38.3 Å². The Balaban J connectivity index is 2.83. The van der Waals surface area contributed by atoms with E-state index in [-0.39, 0.29) is 24.0 Å². The fourth-order valence-electron chi connectivity index (χ4n) is 2.86. The van der Waals surface area contributed by atoms with Crippen molar-refractivity contribution < 1.29 is 9.53 Å². The Morgan fingerprint density at radius 2 is 1.78 bits per heavy atom. The summed E-state index contributed by atoms with van der Waals surface area (Å²) >= 11 is 0. The normalized spacial score (nSPS) is 15.7. The van der Waals surface area contributed by atoms with E-state index in [4.69, 9.17) is 4.74 Å². The molecule has 3 nitrogen and oxygen atoms in total. The lowest BCUT2D eigenvalue weighted by molar-refractivity contribution is -0.161. The molecule has 130 valence electrons. The molecule has 0 aliphatic heterocycles. The van der Waals surface area contributed by atoms with Gasteiger partial charge < -0.3 is 10.1 Å². The summed E-state index contributed by atoms with van der Waals surface area (Å²) in [6.07, 6.45) is 2.79. The predicted octanol–water partition coefficient (Wildman–Crippen LogP) is 4.87. The van der Waals surface area contributed by atoms with Crippen molar-refractivity contribution in [2.75, 3.05) is 0 Å². The van der Waals surface area contributed by atoms with Gasteiger partial charge in [-0.15, -0.1) is 0 Å². The fourth-order valence-corrected chi connectivity index (χ4v) is 2.86. The van der Waals surface area contributed by atoms with E-state index in [1.807, 2.05) is 39.0 Å². The molecule has 0 amide bonds. The Morgan fingerprint density at radius 3 is 2.26 bits per heavy atom. The van der Waals surface area contributed by atoms with Crippen molar-refractivity contribution in [3.05, 3.63) is 35.9 Å². The highest BCUT2D eigenvalue weighted by molar-refractivity contribution is 5.73. The molecule has 0 saturated heterocycles. The molecule has 3 heteroatoms. The summed E-state index contributed by atoms with van der Waals surface area (Å²) in [5.41, 5.74) is 0.805. The molecule has 1 N–H and O–H groups in total. The molecule has 0 saturated carbocycles. The smallest absolute Gasteiger partial charge is 0.311 e. The molecule has 0 spiro atoms. The Morgan fingerprint density at radius 1 is 1.17 bits per heavy atom. The monoisotopic (exact) mass is 319 g/mol. The largest absolute Gasteiger partial charge is 0.460 e. The minimum atomic E-state index is -0.438. The van der Waals surface area contributed by atoms with Crippen molar-refractivity contribution in [1.82, 2.24) is 5.32 Å². The molecular weight excluding hydrogens is 286 g/mol. The fraction of sp³-hybridized carbons (Fsp3) is 0.650. The first-order chi connectivity index (χ1) is 10.8. The summed E-state index contributed by atoms with van der Waals surface area (Å²) in [7, 11) is 0. The van der Waals surface area contributed by atoms with Gasteiger partial charge in [0.25, 0.3) is 0 Å². The Hall–Kier alpha value is -1.35. The van der Waals surface area contributed by atoms with E-state index in [1.54, 1.807) is 0 Å². The van der Waals surface area contributed by atoms with Crippen LogP contribution in [0.3, 0.4) is 0 Å². The molecule has 0 bridgehead atoms. The zero-order chi connectivity index (χ0) is 17.5. The quantitative estimate of drug-likeness (QED) is 0.694. The second kappa shape index (κ2) is 9.07. The second-order valence-electron chi connectivity index (χ2n) is 7.24. The van der Waals surface area contributed by atoms with Crippen LogP contribution in [0.15, 0.2) is 30.3 Å². The van der Waals surface area contributed by atoms with Gasteiger partial charge in [0.15, 0.2) is 0 Å². The number of rotatable bonds is 8. The molecule has 3 atom stereocenters. The zero-order valence-corrected chi connectivity index (χ0v) is 15.6. The van der Waals surface area contributed by atoms with E-state index in [1.165, 1.54) is 5.56 Å². The second-order valence-corrected chi connectivity index (χ2v) is 7.24. The first-order valence-corrected chi connectivity index (χ1v) is 8.82. The Bertz CT molecular complexity index is 464. The minimum Gasteiger partial charge on any atom is -0.460 e. The van der Waals surface area contributed by atoms with Crippen LogP contribution in [0.2, 0.25) is 0 Å². The van der Waals surface area contributed by atoms with Gasteiger partial charge in [-0.25, -0.2) is 0 Å². The standard InChI is InChI=1S/C20H33NO2/c1-7-12-18(17(8-2)19(22)23-20(4,5)6)21-15(3)16-13-10-9-11-14-16/h9-11,13-15,17-18,21H,7-8,12H2,1-6H3/t15-,17+,18-/m1/s1. The molecule has 0 fully saturated rings. The minimum absolute atomic E-state index is 0.0915. The molecular formula is C20H33NO2. The van der Waals surface area contributed by atoms with Crippen LogP contribution < -0.4 is 5.32 Å². The van der Waals surface area contributed by atoms with Gasteiger partial charge in [0.2, 0.25) is 0 Å². The van der Waals surface area contributed by atoms with Crippen molar-refractivity contribution in [2.24, 2.45) is 5.92 Å². The van der Waals surface area contributed by atoms with Gasteiger partial charge in [0, 0.05) is 12.1 Å². The molecule has 0 aromatic heterocycles. The van der Waals surface area contributed by atoms with Crippen LogP contribution in [-0.4, -0.2) is 17.6 Å². The van der Waals surface area contributed by atoms with E-state index >= 15 is 0 Å². The molecule has 1 aromatic carbocycles. The van der Waals surface area contributed by atoms with Gasteiger partial charge in [-0.05, 0) is 46.1 Å². The molecule has 23 heavy (non-hydrogen) atoms. The average molecular weight is 319 g/mol. The SMILES string of the molecule is CCC[C@@H](N[C@H](C)c1ccccc1)[C@H](CC)C(=O)OC(C)(C)C. The molecule has 1 rings (SSSR count). The zero-order valence-electron chi connectivity index (χ0n) is 15.6. The van der Waals surface area contributed by atoms with Gasteiger partial charge in [-0.1, -0.05) is 50.6 Å². The third-order valence-electron chi connectivity index (χ3n) is 4.00. The van der Waals surface area contributed by atoms with E-state index < -0.39 is 5.60 Å².